The van der Waals surface area contributed by atoms with E-state index in [4.69, 9.17) is 10.5 Å². The van der Waals surface area contributed by atoms with Crippen LogP contribution in [0.3, 0.4) is 0 Å². The minimum absolute atomic E-state index is 0.0753. The lowest BCUT2D eigenvalue weighted by molar-refractivity contribution is -0.0715. The topological polar surface area (TPSA) is 71.7 Å². The van der Waals surface area contributed by atoms with Crippen LogP contribution in [0.25, 0.3) is 0 Å². The number of morpholine rings is 1. The Hall–Kier alpha value is -1.02. The Morgan fingerprint density at radius 1 is 1.42 bits per heavy atom. The smallest absolute Gasteiger partial charge is 0.273 e. The SMILES string of the molecule is CC1CN(CC2CCCN2C(=O)c2csc(CCN)n2)CC(C)O1. The van der Waals surface area contributed by atoms with E-state index in [0.29, 0.717) is 12.2 Å². The first-order valence-corrected chi connectivity index (χ1v) is 9.78. The second-order valence-electron chi connectivity index (χ2n) is 6.94. The predicted octanol–water partition coefficient (Wildman–Crippen LogP) is 1.36. The molecular weight excluding hydrogens is 324 g/mol. The second kappa shape index (κ2) is 7.91. The Morgan fingerprint density at radius 2 is 2.17 bits per heavy atom. The molecule has 0 aromatic carbocycles. The molecule has 3 heterocycles. The first kappa shape index (κ1) is 17.8. The predicted molar refractivity (Wildman–Crippen MR) is 95.4 cm³/mol. The van der Waals surface area contributed by atoms with Gasteiger partial charge in [0.05, 0.1) is 17.2 Å². The van der Waals surface area contributed by atoms with Crippen molar-refractivity contribution < 1.29 is 9.53 Å². The quantitative estimate of drug-likeness (QED) is 0.866. The molecule has 0 spiro atoms. The van der Waals surface area contributed by atoms with Crippen molar-refractivity contribution in [3.8, 4) is 0 Å². The third kappa shape index (κ3) is 4.14. The number of nitrogens with zero attached hydrogens (tertiary/aromatic N) is 3. The minimum Gasteiger partial charge on any atom is -0.373 e. The molecule has 3 rings (SSSR count). The van der Waals surface area contributed by atoms with Crippen molar-refractivity contribution in [3.05, 3.63) is 16.1 Å². The fraction of sp³-hybridized carbons (Fsp3) is 0.765. The van der Waals surface area contributed by atoms with Crippen LogP contribution in [-0.4, -0.2) is 71.7 Å². The molecule has 2 saturated heterocycles. The molecule has 1 aromatic heterocycles. The highest BCUT2D eigenvalue weighted by Crippen LogP contribution is 2.23. The van der Waals surface area contributed by atoms with Crippen LogP contribution in [0.1, 0.15) is 42.2 Å². The highest BCUT2D eigenvalue weighted by atomic mass is 32.1. The van der Waals surface area contributed by atoms with Crippen LogP contribution in [-0.2, 0) is 11.2 Å². The van der Waals surface area contributed by atoms with Gasteiger partial charge in [0.15, 0.2) is 0 Å². The summed E-state index contributed by atoms with van der Waals surface area (Å²) in [5.74, 6) is 0.0753. The molecule has 6 nitrogen and oxygen atoms in total. The van der Waals surface area contributed by atoms with Gasteiger partial charge in [-0.25, -0.2) is 4.98 Å². The molecule has 2 aliphatic heterocycles. The van der Waals surface area contributed by atoms with Crippen LogP contribution in [0, 0.1) is 0 Å². The van der Waals surface area contributed by atoms with Crippen molar-refractivity contribution in [2.75, 3.05) is 32.7 Å². The zero-order chi connectivity index (χ0) is 17.1. The number of carbonyl (C=O) groups is 1. The summed E-state index contributed by atoms with van der Waals surface area (Å²) in [6.45, 7) is 8.47. The van der Waals surface area contributed by atoms with Crippen LogP contribution >= 0.6 is 11.3 Å². The Kier molecular flexibility index (Phi) is 5.86. The molecule has 24 heavy (non-hydrogen) atoms. The zero-order valence-corrected chi connectivity index (χ0v) is 15.4. The van der Waals surface area contributed by atoms with Gasteiger partial charge < -0.3 is 15.4 Å². The van der Waals surface area contributed by atoms with Crippen molar-refractivity contribution in [1.82, 2.24) is 14.8 Å². The zero-order valence-electron chi connectivity index (χ0n) is 14.6. The highest BCUT2D eigenvalue weighted by molar-refractivity contribution is 7.09. The summed E-state index contributed by atoms with van der Waals surface area (Å²) in [7, 11) is 0. The van der Waals surface area contributed by atoms with Gasteiger partial charge in [-0.15, -0.1) is 11.3 Å². The summed E-state index contributed by atoms with van der Waals surface area (Å²) < 4.78 is 5.81. The van der Waals surface area contributed by atoms with E-state index in [-0.39, 0.29) is 24.2 Å². The van der Waals surface area contributed by atoms with Gasteiger partial charge in [0.25, 0.3) is 5.91 Å². The lowest BCUT2D eigenvalue weighted by atomic mass is 10.1. The van der Waals surface area contributed by atoms with Crippen LogP contribution in [0.5, 0.6) is 0 Å². The van der Waals surface area contributed by atoms with Crippen LogP contribution < -0.4 is 5.73 Å². The Labute approximate surface area is 148 Å². The number of amides is 1. The molecular formula is C17H28N4O2S. The van der Waals surface area contributed by atoms with Crippen molar-refractivity contribution in [3.63, 3.8) is 0 Å². The molecule has 3 unspecified atom stereocenters. The molecule has 0 saturated carbocycles. The van der Waals surface area contributed by atoms with Gasteiger partial charge in [-0.3, -0.25) is 9.69 Å². The van der Waals surface area contributed by atoms with Gasteiger partial charge >= 0.3 is 0 Å². The largest absolute Gasteiger partial charge is 0.373 e. The number of nitrogens with two attached hydrogens (primary N) is 1. The molecule has 134 valence electrons. The van der Waals surface area contributed by atoms with Crippen molar-refractivity contribution in [1.29, 1.82) is 0 Å². The average molecular weight is 353 g/mol. The van der Waals surface area contributed by atoms with Gasteiger partial charge in [-0.1, -0.05) is 0 Å². The van der Waals surface area contributed by atoms with Gasteiger partial charge in [0.1, 0.15) is 5.69 Å². The average Bonchev–Trinajstić information content (AvgIpc) is 3.15. The lowest BCUT2D eigenvalue weighted by Gasteiger charge is -2.38. The van der Waals surface area contributed by atoms with Crippen molar-refractivity contribution in [2.24, 2.45) is 5.73 Å². The summed E-state index contributed by atoms with van der Waals surface area (Å²) in [6, 6.07) is 0.287. The Morgan fingerprint density at radius 3 is 2.88 bits per heavy atom. The molecule has 7 heteroatoms. The number of thiazole rings is 1. The van der Waals surface area contributed by atoms with E-state index in [1.54, 1.807) is 0 Å². The molecule has 1 aromatic rings. The summed E-state index contributed by atoms with van der Waals surface area (Å²) in [4.78, 5) is 21.8. The van der Waals surface area contributed by atoms with E-state index in [1.807, 2.05) is 10.3 Å². The number of hydrogen-bond donors (Lipinski definition) is 1. The monoisotopic (exact) mass is 352 g/mol. The molecule has 2 N–H and O–H groups in total. The summed E-state index contributed by atoms with van der Waals surface area (Å²) in [5, 5.41) is 2.83. The number of likely N-dealkylation sites (tertiary alicyclic amines) is 1. The summed E-state index contributed by atoms with van der Waals surface area (Å²) in [6.07, 6.45) is 3.41. The fourth-order valence-corrected chi connectivity index (χ4v) is 4.61. The fourth-order valence-electron chi connectivity index (χ4n) is 3.82. The Balaban J connectivity index is 1.62. The summed E-state index contributed by atoms with van der Waals surface area (Å²) >= 11 is 1.53. The van der Waals surface area contributed by atoms with E-state index in [9.17, 15) is 4.79 Å². The van der Waals surface area contributed by atoms with Gasteiger partial charge in [-0.05, 0) is 33.2 Å². The van der Waals surface area contributed by atoms with Crippen molar-refractivity contribution in [2.45, 2.75) is 51.4 Å². The maximum Gasteiger partial charge on any atom is 0.273 e. The number of carbonyl (C=O) groups excluding carboxylic acids is 1. The van der Waals surface area contributed by atoms with Crippen LogP contribution in [0.15, 0.2) is 5.38 Å². The van der Waals surface area contributed by atoms with E-state index in [2.05, 4.69) is 23.7 Å². The lowest BCUT2D eigenvalue weighted by Crippen LogP contribution is -2.51. The van der Waals surface area contributed by atoms with E-state index < -0.39 is 0 Å². The second-order valence-corrected chi connectivity index (χ2v) is 7.88. The molecule has 2 aliphatic rings. The number of ether oxygens (including phenoxy) is 1. The third-order valence-corrected chi connectivity index (χ3v) is 5.64. The molecule has 2 fully saturated rings. The van der Waals surface area contributed by atoms with E-state index >= 15 is 0 Å². The number of hydrogen-bond acceptors (Lipinski definition) is 6. The number of rotatable bonds is 5. The maximum atomic E-state index is 12.8. The molecule has 3 atom stereocenters. The molecule has 1 amide bonds. The number of aromatic nitrogens is 1. The van der Waals surface area contributed by atoms with E-state index in [0.717, 1.165) is 50.4 Å². The first-order chi connectivity index (χ1) is 11.6. The highest BCUT2D eigenvalue weighted by Gasteiger charge is 2.33. The van der Waals surface area contributed by atoms with E-state index in [1.165, 1.54) is 11.3 Å². The van der Waals surface area contributed by atoms with Gasteiger partial charge in [0, 0.05) is 44.0 Å². The van der Waals surface area contributed by atoms with Crippen LogP contribution in [0.2, 0.25) is 0 Å². The maximum absolute atomic E-state index is 12.8. The first-order valence-electron chi connectivity index (χ1n) is 8.90. The normalized spacial score (nSPS) is 28.5. The van der Waals surface area contributed by atoms with Crippen molar-refractivity contribution >= 4 is 17.2 Å². The molecule has 0 radical (unpaired) electrons. The molecule has 0 aliphatic carbocycles. The standard InChI is InChI=1S/C17H28N4O2S/c1-12-8-20(9-13(2)23-12)10-14-4-3-7-21(14)17(22)15-11-24-16(19-15)5-6-18/h11-14H,3-10,18H2,1-2H3. The Bertz CT molecular complexity index is 555. The third-order valence-electron chi connectivity index (χ3n) is 4.73. The van der Waals surface area contributed by atoms with Gasteiger partial charge in [-0.2, -0.15) is 0 Å². The van der Waals surface area contributed by atoms with Gasteiger partial charge in [0.2, 0.25) is 0 Å². The molecule has 0 bridgehead atoms. The summed E-state index contributed by atoms with van der Waals surface area (Å²) in [5.41, 5.74) is 6.15. The van der Waals surface area contributed by atoms with Crippen LogP contribution in [0.4, 0.5) is 0 Å². The minimum atomic E-state index is 0.0753.